The molecule has 1 aromatic rings. The lowest BCUT2D eigenvalue weighted by Crippen LogP contribution is -2.30. The van der Waals surface area contributed by atoms with Crippen LogP contribution in [0.2, 0.25) is 5.02 Å². The predicted molar refractivity (Wildman–Crippen MR) is 64.3 cm³/mol. The molecule has 2 amide bonds. The van der Waals surface area contributed by atoms with Crippen molar-refractivity contribution in [2.24, 2.45) is 0 Å². The number of imide groups is 1. The van der Waals surface area contributed by atoms with E-state index in [0.717, 1.165) is 4.90 Å². The lowest BCUT2D eigenvalue weighted by Gasteiger charge is -2.15. The Balaban J connectivity index is 2.42. The number of hydrogen-bond donors (Lipinski definition) is 0. The highest BCUT2D eigenvalue weighted by atomic mass is 35.5. The molecule has 0 bridgehead atoms. The second kappa shape index (κ2) is 4.22. The maximum atomic E-state index is 11.8. The molecule has 5 heteroatoms. The molecule has 0 aliphatic carbocycles. The molecular weight excluding hydrogens is 242 g/mol. The van der Waals surface area contributed by atoms with Gasteiger partial charge in [0.15, 0.2) is 0 Å². The summed E-state index contributed by atoms with van der Waals surface area (Å²) < 4.78 is 5.04. The Labute approximate surface area is 103 Å². The van der Waals surface area contributed by atoms with Crippen LogP contribution in [0.3, 0.4) is 0 Å². The third-order valence-corrected chi connectivity index (χ3v) is 2.81. The Morgan fingerprint density at radius 1 is 1.29 bits per heavy atom. The zero-order chi connectivity index (χ0) is 12.6. The van der Waals surface area contributed by atoms with Gasteiger partial charge in [-0.15, -0.1) is 0 Å². The molecular formula is C12H10ClNO3. The number of hydrogen-bond acceptors (Lipinski definition) is 3. The summed E-state index contributed by atoms with van der Waals surface area (Å²) in [6, 6.07) is 4.75. The van der Waals surface area contributed by atoms with Crippen LogP contribution in [0.15, 0.2) is 29.8 Å². The molecule has 1 heterocycles. The fourth-order valence-corrected chi connectivity index (χ4v) is 1.81. The lowest BCUT2D eigenvalue weighted by molar-refractivity contribution is -0.120. The molecule has 1 aromatic carbocycles. The van der Waals surface area contributed by atoms with Gasteiger partial charge in [-0.05, 0) is 19.1 Å². The second-order valence-electron chi connectivity index (χ2n) is 3.62. The number of amides is 2. The Kier molecular flexibility index (Phi) is 2.90. The van der Waals surface area contributed by atoms with Gasteiger partial charge in [-0.25, -0.2) is 4.90 Å². The molecule has 0 radical (unpaired) electrons. The SMILES string of the molecule is COc1cc(N2C(=O)C=C(C)C2=O)ccc1Cl. The monoisotopic (exact) mass is 251 g/mol. The first kappa shape index (κ1) is 11.7. The molecule has 0 fully saturated rings. The summed E-state index contributed by atoms with van der Waals surface area (Å²) in [4.78, 5) is 24.5. The third-order valence-electron chi connectivity index (χ3n) is 2.49. The van der Waals surface area contributed by atoms with Gasteiger partial charge in [-0.2, -0.15) is 0 Å². The van der Waals surface area contributed by atoms with Crippen LogP contribution in [-0.2, 0) is 9.59 Å². The van der Waals surface area contributed by atoms with E-state index in [2.05, 4.69) is 0 Å². The van der Waals surface area contributed by atoms with E-state index in [9.17, 15) is 9.59 Å². The van der Waals surface area contributed by atoms with Gasteiger partial charge in [-0.3, -0.25) is 9.59 Å². The lowest BCUT2D eigenvalue weighted by atomic mass is 10.2. The molecule has 0 saturated heterocycles. The van der Waals surface area contributed by atoms with E-state index in [1.807, 2.05) is 0 Å². The van der Waals surface area contributed by atoms with Crippen LogP contribution < -0.4 is 9.64 Å². The predicted octanol–water partition coefficient (Wildman–Crippen LogP) is 2.17. The molecule has 0 N–H and O–H groups in total. The topological polar surface area (TPSA) is 46.6 Å². The minimum atomic E-state index is -0.350. The van der Waals surface area contributed by atoms with Crippen molar-refractivity contribution in [1.82, 2.24) is 0 Å². The highest BCUT2D eigenvalue weighted by molar-refractivity contribution is 6.33. The molecule has 1 aliphatic rings. The largest absolute Gasteiger partial charge is 0.495 e. The summed E-state index contributed by atoms with van der Waals surface area (Å²) in [5.41, 5.74) is 0.873. The van der Waals surface area contributed by atoms with Crippen molar-refractivity contribution in [3.8, 4) is 5.75 Å². The average Bonchev–Trinajstić information content (AvgIpc) is 2.55. The van der Waals surface area contributed by atoms with Crippen LogP contribution in [0.25, 0.3) is 0 Å². The zero-order valence-electron chi connectivity index (χ0n) is 9.36. The quantitative estimate of drug-likeness (QED) is 0.757. The van der Waals surface area contributed by atoms with Gasteiger partial charge in [0.1, 0.15) is 5.75 Å². The van der Waals surface area contributed by atoms with Crippen molar-refractivity contribution in [3.63, 3.8) is 0 Å². The summed E-state index contributed by atoms with van der Waals surface area (Å²) in [6.07, 6.45) is 1.31. The summed E-state index contributed by atoms with van der Waals surface area (Å²) in [6.45, 7) is 1.60. The highest BCUT2D eigenvalue weighted by Crippen LogP contribution is 2.31. The van der Waals surface area contributed by atoms with E-state index in [-0.39, 0.29) is 11.8 Å². The van der Waals surface area contributed by atoms with Crippen molar-refractivity contribution in [2.75, 3.05) is 12.0 Å². The molecule has 4 nitrogen and oxygen atoms in total. The van der Waals surface area contributed by atoms with Crippen molar-refractivity contribution in [2.45, 2.75) is 6.92 Å². The van der Waals surface area contributed by atoms with Gasteiger partial charge in [-0.1, -0.05) is 11.6 Å². The number of rotatable bonds is 2. The van der Waals surface area contributed by atoms with E-state index >= 15 is 0 Å². The number of carbonyl (C=O) groups excluding carboxylic acids is 2. The Hall–Kier alpha value is -1.81. The van der Waals surface area contributed by atoms with Crippen LogP contribution in [0.1, 0.15) is 6.92 Å². The van der Waals surface area contributed by atoms with E-state index in [1.165, 1.54) is 13.2 Å². The third kappa shape index (κ3) is 1.91. The minimum Gasteiger partial charge on any atom is -0.495 e. The van der Waals surface area contributed by atoms with Crippen molar-refractivity contribution < 1.29 is 14.3 Å². The minimum absolute atomic E-state index is 0.320. The molecule has 0 saturated carbocycles. The number of nitrogens with zero attached hydrogens (tertiary/aromatic N) is 1. The molecule has 0 aromatic heterocycles. The summed E-state index contributed by atoms with van der Waals surface area (Å²) in [5.74, 6) is -0.245. The first-order chi connectivity index (χ1) is 8.04. The summed E-state index contributed by atoms with van der Waals surface area (Å²) in [5, 5.41) is 0.431. The van der Waals surface area contributed by atoms with Crippen LogP contribution in [-0.4, -0.2) is 18.9 Å². The average molecular weight is 252 g/mol. The molecule has 2 rings (SSSR count). The van der Waals surface area contributed by atoms with Crippen LogP contribution in [0.4, 0.5) is 5.69 Å². The molecule has 88 valence electrons. The van der Waals surface area contributed by atoms with Crippen molar-refractivity contribution in [1.29, 1.82) is 0 Å². The number of ether oxygens (including phenoxy) is 1. The van der Waals surface area contributed by atoms with Crippen LogP contribution in [0, 0.1) is 0 Å². The van der Waals surface area contributed by atoms with Gasteiger partial charge in [0.05, 0.1) is 17.8 Å². The Morgan fingerprint density at radius 3 is 2.53 bits per heavy atom. The first-order valence-electron chi connectivity index (χ1n) is 4.95. The number of carbonyl (C=O) groups is 2. The van der Waals surface area contributed by atoms with E-state index < -0.39 is 0 Å². The first-order valence-corrected chi connectivity index (χ1v) is 5.32. The van der Waals surface area contributed by atoms with Gasteiger partial charge < -0.3 is 4.74 Å². The number of benzene rings is 1. The number of anilines is 1. The van der Waals surface area contributed by atoms with Gasteiger partial charge in [0.25, 0.3) is 11.8 Å². The smallest absolute Gasteiger partial charge is 0.261 e. The second-order valence-corrected chi connectivity index (χ2v) is 4.03. The Morgan fingerprint density at radius 2 is 2.00 bits per heavy atom. The normalized spacial score (nSPS) is 15.2. The fourth-order valence-electron chi connectivity index (χ4n) is 1.62. The molecule has 1 aliphatic heterocycles. The standard InChI is InChI=1S/C12H10ClNO3/c1-7-5-11(15)14(12(7)16)8-3-4-9(13)10(6-8)17-2/h3-6H,1-2H3. The van der Waals surface area contributed by atoms with Crippen molar-refractivity contribution in [3.05, 3.63) is 34.9 Å². The molecule has 0 spiro atoms. The van der Waals surface area contributed by atoms with Gasteiger partial charge in [0, 0.05) is 17.7 Å². The number of halogens is 1. The van der Waals surface area contributed by atoms with E-state index in [4.69, 9.17) is 16.3 Å². The summed E-state index contributed by atoms with van der Waals surface area (Å²) in [7, 11) is 1.47. The zero-order valence-corrected chi connectivity index (χ0v) is 10.1. The van der Waals surface area contributed by atoms with Gasteiger partial charge in [0.2, 0.25) is 0 Å². The maximum absolute atomic E-state index is 11.8. The van der Waals surface area contributed by atoms with E-state index in [0.29, 0.717) is 22.0 Å². The number of methoxy groups -OCH3 is 1. The van der Waals surface area contributed by atoms with Gasteiger partial charge >= 0.3 is 0 Å². The molecule has 17 heavy (non-hydrogen) atoms. The Bertz CT molecular complexity index is 537. The van der Waals surface area contributed by atoms with Crippen molar-refractivity contribution >= 4 is 29.1 Å². The van der Waals surface area contributed by atoms with E-state index in [1.54, 1.807) is 25.1 Å². The maximum Gasteiger partial charge on any atom is 0.261 e. The van der Waals surface area contributed by atoms with Crippen LogP contribution >= 0.6 is 11.6 Å². The summed E-state index contributed by atoms with van der Waals surface area (Å²) >= 11 is 5.88. The van der Waals surface area contributed by atoms with Crippen LogP contribution in [0.5, 0.6) is 5.75 Å². The molecule has 0 atom stereocenters. The fraction of sp³-hybridized carbons (Fsp3) is 0.167. The highest BCUT2D eigenvalue weighted by Gasteiger charge is 2.30. The molecule has 0 unspecified atom stereocenters.